The van der Waals surface area contributed by atoms with Gasteiger partial charge in [0.15, 0.2) is 5.82 Å². The highest BCUT2D eigenvalue weighted by Gasteiger charge is 2.15. The molecule has 1 heterocycles. The van der Waals surface area contributed by atoms with Crippen molar-refractivity contribution in [1.82, 2.24) is 14.8 Å². The van der Waals surface area contributed by atoms with Gasteiger partial charge < -0.3 is 5.11 Å². The zero-order chi connectivity index (χ0) is 17.1. The second-order valence-electron chi connectivity index (χ2n) is 5.39. The minimum absolute atomic E-state index is 0.251. The van der Waals surface area contributed by atoms with Crippen molar-refractivity contribution in [2.24, 2.45) is 0 Å². The number of nitriles is 1. The zero-order valence-electron chi connectivity index (χ0n) is 13.0. The second kappa shape index (κ2) is 6.83. The van der Waals surface area contributed by atoms with E-state index in [4.69, 9.17) is 16.9 Å². The van der Waals surface area contributed by atoms with Gasteiger partial charge in [-0.1, -0.05) is 41.9 Å². The van der Waals surface area contributed by atoms with Crippen LogP contribution < -0.4 is 0 Å². The van der Waals surface area contributed by atoms with Gasteiger partial charge in [-0.25, -0.2) is 9.67 Å². The maximum absolute atomic E-state index is 10.4. The standard InChI is InChI=1S/C18H15ClN4O/c1-12-21-18(14-6-4-5-13(9-14)10-20)22-23(12)11-17(24)15-7-2-3-8-16(15)19/h2-9,17,24H,11H2,1H3. The number of aliphatic hydroxyl groups is 1. The van der Waals surface area contributed by atoms with Crippen molar-refractivity contribution in [1.29, 1.82) is 5.26 Å². The Hall–Kier alpha value is -2.68. The van der Waals surface area contributed by atoms with Crippen LogP contribution in [0.1, 0.15) is 23.1 Å². The molecule has 6 heteroatoms. The highest BCUT2D eigenvalue weighted by molar-refractivity contribution is 6.31. The van der Waals surface area contributed by atoms with E-state index in [0.29, 0.717) is 27.8 Å². The Morgan fingerprint density at radius 1 is 1.25 bits per heavy atom. The van der Waals surface area contributed by atoms with Gasteiger partial charge in [0.2, 0.25) is 0 Å². The number of hydrogen-bond donors (Lipinski definition) is 1. The first-order chi connectivity index (χ1) is 11.6. The topological polar surface area (TPSA) is 74.7 Å². The Kier molecular flexibility index (Phi) is 4.61. The van der Waals surface area contributed by atoms with Gasteiger partial charge in [0.25, 0.3) is 0 Å². The summed E-state index contributed by atoms with van der Waals surface area (Å²) in [6.45, 7) is 2.07. The Morgan fingerprint density at radius 3 is 2.79 bits per heavy atom. The Labute approximate surface area is 144 Å². The number of aromatic nitrogens is 3. The number of benzene rings is 2. The largest absolute Gasteiger partial charge is 0.386 e. The summed E-state index contributed by atoms with van der Waals surface area (Å²) in [6, 6.07) is 16.4. The fraction of sp³-hybridized carbons (Fsp3) is 0.167. The number of aryl methyl sites for hydroxylation is 1. The first-order valence-corrected chi connectivity index (χ1v) is 7.81. The lowest BCUT2D eigenvalue weighted by Crippen LogP contribution is -2.12. The third-order valence-electron chi connectivity index (χ3n) is 3.72. The van der Waals surface area contributed by atoms with Gasteiger partial charge >= 0.3 is 0 Å². The molecule has 0 aliphatic heterocycles. The predicted octanol–water partition coefficient (Wildman–Crippen LogP) is 3.51. The summed E-state index contributed by atoms with van der Waals surface area (Å²) < 4.78 is 1.64. The Bertz CT molecular complexity index is 913. The van der Waals surface area contributed by atoms with Crippen LogP contribution in [-0.4, -0.2) is 19.9 Å². The second-order valence-corrected chi connectivity index (χ2v) is 5.80. The summed E-state index contributed by atoms with van der Waals surface area (Å²) in [4.78, 5) is 4.42. The van der Waals surface area contributed by atoms with Crippen molar-refractivity contribution in [3.63, 3.8) is 0 Å². The van der Waals surface area contributed by atoms with E-state index in [1.807, 2.05) is 25.1 Å². The molecule has 1 unspecified atom stereocenters. The minimum atomic E-state index is -0.780. The lowest BCUT2D eigenvalue weighted by atomic mass is 10.1. The van der Waals surface area contributed by atoms with Gasteiger partial charge in [-0.2, -0.15) is 10.4 Å². The van der Waals surface area contributed by atoms with E-state index in [1.54, 1.807) is 35.0 Å². The van der Waals surface area contributed by atoms with Crippen molar-refractivity contribution in [2.45, 2.75) is 19.6 Å². The summed E-state index contributed by atoms with van der Waals surface area (Å²) in [5, 5.41) is 24.4. The van der Waals surface area contributed by atoms with Gasteiger partial charge in [-0.15, -0.1) is 0 Å². The first-order valence-electron chi connectivity index (χ1n) is 7.43. The SMILES string of the molecule is Cc1nc(-c2cccc(C#N)c2)nn1CC(O)c1ccccc1Cl. The maximum Gasteiger partial charge on any atom is 0.181 e. The van der Waals surface area contributed by atoms with Crippen LogP contribution in [0.3, 0.4) is 0 Å². The quantitative estimate of drug-likeness (QED) is 0.789. The third kappa shape index (κ3) is 3.30. The van der Waals surface area contributed by atoms with Crippen molar-refractivity contribution in [2.75, 3.05) is 0 Å². The predicted molar refractivity (Wildman–Crippen MR) is 91.3 cm³/mol. The highest BCUT2D eigenvalue weighted by Crippen LogP contribution is 2.24. The molecule has 0 aliphatic rings. The molecule has 0 saturated heterocycles. The molecule has 0 radical (unpaired) electrons. The average molecular weight is 339 g/mol. The van der Waals surface area contributed by atoms with E-state index in [1.165, 1.54) is 0 Å². The lowest BCUT2D eigenvalue weighted by Gasteiger charge is -2.13. The first kappa shape index (κ1) is 16.2. The molecule has 3 rings (SSSR count). The molecule has 0 fully saturated rings. The molecule has 0 aliphatic carbocycles. The summed E-state index contributed by atoms with van der Waals surface area (Å²) in [6.07, 6.45) is -0.780. The van der Waals surface area contributed by atoms with Crippen molar-refractivity contribution in [3.05, 3.63) is 70.5 Å². The van der Waals surface area contributed by atoms with Crippen LogP contribution in [0.4, 0.5) is 0 Å². The monoisotopic (exact) mass is 338 g/mol. The summed E-state index contributed by atoms with van der Waals surface area (Å²) in [7, 11) is 0. The van der Waals surface area contributed by atoms with Gasteiger partial charge in [0.1, 0.15) is 11.9 Å². The number of aliphatic hydroxyl groups excluding tert-OH is 1. The smallest absolute Gasteiger partial charge is 0.181 e. The molecule has 0 bridgehead atoms. The van der Waals surface area contributed by atoms with E-state index in [2.05, 4.69) is 16.2 Å². The van der Waals surface area contributed by atoms with Crippen LogP contribution in [0.25, 0.3) is 11.4 Å². The van der Waals surface area contributed by atoms with Gasteiger partial charge in [0, 0.05) is 16.1 Å². The Morgan fingerprint density at radius 2 is 2.04 bits per heavy atom. The molecule has 1 atom stereocenters. The summed E-state index contributed by atoms with van der Waals surface area (Å²) in [5.41, 5.74) is 1.97. The van der Waals surface area contributed by atoms with Crippen LogP contribution in [0.2, 0.25) is 5.02 Å². The molecule has 0 spiro atoms. The zero-order valence-corrected chi connectivity index (χ0v) is 13.8. The van der Waals surface area contributed by atoms with E-state index >= 15 is 0 Å². The molecule has 120 valence electrons. The molecule has 0 amide bonds. The molecule has 5 nitrogen and oxygen atoms in total. The fourth-order valence-electron chi connectivity index (χ4n) is 2.45. The van der Waals surface area contributed by atoms with Crippen LogP contribution in [0, 0.1) is 18.3 Å². The molecular formula is C18H15ClN4O. The summed E-state index contributed by atoms with van der Waals surface area (Å²) in [5.74, 6) is 1.20. The van der Waals surface area contributed by atoms with Crippen molar-refractivity contribution < 1.29 is 5.11 Å². The van der Waals surface area contributed by atoms with E-state index in [9.17, 15) is 5.11 Å². The van der Waals surface area contributed by atoms with Crippen LogP contribution in [-0.2, 0) is 6.54 Å². The molecule has 2 aromatic carbocycles. The lowest BCUT2D eigenvalue weighted by molar-refractivity contribution is 0.150. The molecule has 24 heavy (non-hydrogen) atoms. The molecule has 0 saturated carbocycles. The van der Waals surface area contributed by atoms with Crippen molar-refractivity contribution >= 4 is 11.6 Å². The number of nitrogens with zero attached hydrogens (tertiary/aromatic N) is 4. The third-order valence-corrected chi connectivity index (χ3v) is 4.06. The van der Waals surface area contributed by atoms with E-state index in [0.717, 1.165) is 5.56 Å². The molecular weight excluding hydrogens is 324 g/mol. The normalized spacial score (nSPS) is 11.9. The molecule has 1 aromatic heterocycles. The number of rotatable bonds is 4. The molecule has 1 N–H and O–H groups in total. The highest BCUT2D eigenvalue weighted by atomic mass is 35.5. The van der Waals surface area contributed by atoms with Crippen LogP contribution in [0.5, 0.6) is 0 Å². The minimum Gasteiger partial charge on any atom is -0.386 e. The number of halogens is 1. The van der Waals surface area contributed by atoms with Gasteiger partial charge in [0.05, 0.1) is 18.2 Å². The van der Waals surface area contributed by atoms with Crippen LogP contribution in [0.15, 0.2) is 48.5 Å². The van der Waals surface area contributed by atoms with E-state index in [-0.39, 0.29) is 6.54 Å². The van der Waals surface area contributed by atoms with Crippen LogP contribution >= 0.6 is 11.6 Å². The average Bonchev–Trinajstić information content (AvgIpc) is 2.96. The fourth-order valence-corrected chi connectivity index (χ4v) is 2.71. The molecule has 3 aromatic rings. The van der Waals surface area contributed by atoms with E-state index < -0.39 is 6.10 Å². The van der Waals surface area contributed by atoms with Gasteiger partial charge in [-0.05, 0) is 25.1 Å². The van der Waals surface area contributed by atoms with Crippen molar-refractivity contribution in [3.8, 4) is 17.5 Å². The maximum atomic E-state index is 10.4. The van der Waals surface area contributed by atoms with Gasteiger partial charge in [-0.3, -0.25) is 0 Å². The summed E-state index contributed by atoms with van der Waals surface area (Å²) >= 11 is 6.12. The number of hydrogen-bond acceptors (Lipinski definition) is 4. The Balaban J connectivity index is 1.87.